The van der Waals surface area contributed by atoms with Crippen molar-refractivity contribution in [2.24, 2.45) is 5.14 Å². The highest BCUT2D eigenvalue weighted by molar-refractivity contribution is 7.89. The third kappa shape index (κ3) is 1.93. The van der Waals surface area contributed by atoms with Crippen LogP contribution in [0.5, 0.6) is 0 Å². The molecule has 2 aromatic rings. The van der Waals surface area contributed by atoms with E-state index in [9.17, 15) is 8.42 Å². The molecule has 18 heavy (non-hydrogen) atoms. The molecule has 94 valence electrons. The molecule has 1 unspecified atom stereocenters. The van der Waals surface area contributed by atoms with Crippen molar-refractivity contribution in [2.45, 2.75) is 23.8 Å². The van der Waals surface area contributed by atoms with Gasteiger partial charge in [-0.2, -0.15) is 5.10 Å². The van der Waals surface area contributed by atoms with E-state index in [1.807, 2.05) is 12.1 Å². The highest BCUT2D eigenvalue weighted by atomic mass is 32.2. The monoisotopic (exact) mass is 263 g/mol. The van der Waals surface area contributed by atoms with Crippen molar-refractivity contribution in [3.8, 4) is 0 Å². The number of sulfonamides is 1. The molecular weight excluding hydrogens is 250 g/mol. The second-order valence-corrected chi connectivity index (χ2v) is 6.10. The molecule has 5 nitrogen and oxygen atoms in total. The van der Waals surface area contributed by atoms with Crippen molar-refractivity contribution >= 4 is 10.0 Å². The van der Waals surface area contributed by atoms with Gasteiger partial charge in [0, 0.05) is 18.7 Å². The maximum absolute atomic E-state index is 11.1. The van der Waals surface area contributed by atoms with Gasteiger partial charge in [-0.05, 0) is 17.5 Å². The van der Waals surface area contributed by atoms with Crippen molar-refractivity contribution in [1.29, 1.82) is 0 Å². The molecular formula is C12H13N3O2S. The lowest BCUT2D eigenvalue weighted by molar-refractivity contribution is 0.474. The highest BCUT2D eigenvalue weighted by Crippen LogP contribution is 2.35. The van der Waals surface area contributed by atoms with E-state index in [4.69, 9.17) is 5.14 Å². The summed E-state index contributed by atoms with van der Waals surface area (Å²) in [6, 6.07) is 8.27. The molecule has 1 aliphatic carbocycles. The minimum absolute atomic E-state index is 0.0649. The van der Waals surface area contributed by atoms with Crippen LogP contribution in [-0.4, -0.2) is 18.2 Å². The van der Waals surface area contributed by atoms with Gasteiger partial charge < -0.3 is 0 Å². The summed E-state index contributed by atoms with van der Waals surface area (Å²) in [7, 11) is -3.65. The number of benzene rings is 1. The van der Waals surface area contributed by atoms with E-state index in [-0.39, 0.29) is 4.90 Å². The summed E-state index contributed by atoms with van der Waals surface area (Å²) in [6.07, 6.45) is 3.79. The van der Waals surface area contributed by atoms with Crippen molar-refractivity contribution < 1.29 is 8.42 Å². The van der Waals surface area contributed by atoms with Crippen LogP contribution in [0.15, 0.2) is 41.6 Å². The van der Waals surface area contributed by atoms with Gasteiger partial charge in [0.05, 0.1) is 6.20 Å². The maximum atomic E-state index is 11.1. The Bertz CT molecular complexity index is 691. The Hall–Kier alpha value is -1.66. The fourth-order valence-corrected chi connectivity index (χ4v) is 2.81. The lowest BCUT2D eigenvalue weighted by Gasteiger charge is -2.29. The number of primary sulfonamides is 1. The first-order chi connectivity index (χ1) is 8.54. The quantitative estimate of drug-likeness (QED) is 0.892. The Morgan fingerprint density at radius 3 is 2.83 bits per heavy atom. The van der Waals surface area contributed by atoms with E-state index >= 15 is 0 Å². The highest BCUT2D eigenvalue weighted by Gasteiger charge is 2.26. The molecule has 3 rings (SSSR count). The van der Waals surface area contributed by atoms with Crippen LogP contribution in [0, 0.1) is 0 Å². The number of nitrogens with two attached hydrogens (primary N) is 1. The van der Waals surface area contributed by atoms with Crippen LogP contribution in [0.25, 0.3) is 0 Å². The number of fused-ring (bicyclic) bond motifs is 1. The number of aromatic nitrogens is 2. The zero-order chi connectivity index (χ0) is 12.8. The van der Waals surface area contributed by atoms with E-state index in [0.29, 0.717) is 12.5 Å². The third-order valence-corrected chi connectivity index (χ3v) is 4.17. The molecule has 0 amide bonds. The summed E-state index contributed by atoms with van der Waals surface area (Å²) in [5, 5.41) is 9.08. The number of hydrogen-bond acceptors (Lipinski definition) is 3. The third-order valence-electron chi connectivity index (χ3n) is 3.31. The van der Waals surface area contributed by atoms with Crippen LogP contribution in [0.1, 0.15) is 17.0 Å². The molecule has 6 heteroatoms. The molecule has 0 radical (unpaired) electrons. The van der Waals surface area contributed by atoms with Gasteiger partial charge in [0.1, 0.15) is 4.90 Å². The summed E-state index contributed by atoms with van der Waals surface area (Å²) < 4.78 is 23.9. The molecule has 2 N–H and O–H groups in total. The summed E-state index contributed by atoms with van der Waals surface area (Å²) in [4.78, 5) is 0.0649. The molecule has 0 aliphatic heterocycles. The molecule has 1 aliphatic rings. The first-order valence-corrected chi connectivity index (χ1v) is 7.22. The number of nitrogens with zero attached hydrogens (tertiary/aromatic N) is 2. The van der Waals surface area contributed by atoms with Gasteiger partial charge in [0.15, 0.2) is 0 Å². The molecule has 1 aromatic heterocycles. The van der Waals surface area contributed by atoms with Crippen LogP contribution < -0.4 is 5.14 Å². The zero-order valence-corrected chi connectivity index (χ0v) is 10.5. The van der Waals surface area contributed by atoms with Crippen LogP contribution in [-0.2, 0) is 23.0 Å². The zero-order valence-electron chi connectivity index (χ0n) is 9.65. The Morgan fingerprint density at radius 1 is 1.39 bits per heavy atom. The summed E-state index contributed by atoms with van der Waals surface area (Å²) >= 11 is 0. The molecule has 0 saturated carbocycles. The second-order valence-electron chi connectivity index (χ2n) is 4.54. The second kappa shape index (κ2) is 3.93. The first-order valence-electron chi connectivity index (χ1n) is 5.67. The fraction of sp³-hybridized carbons (Fsp3) is 0.250. The van der Waals surface area contributed by atoms with Crippen molar-refractivity contribution in [3.05, 3.63) is 47.8 Å². The maximum Gasteiger partial charge on any atom is 0.241 e. The molecule has 0 bridgehead atoms. The average Bonchev–Trinajstić information content (AvgIpc) is 2.74. The van der Waals surface area contributed by atoms with Gasteiger partial charge in [-0.3, -0.25) is 4.68 Å². The van der Waals surface area contributed by atoms with Gasteiger partial charge in [-0.1, -0.05) is 24.3 Å². The van der Waals surface area contributed by atoms with Crippen LogP contribution in [0.2, 0.25) is 0 Å². The summed E-state index contributed by atoms with van der Waals surface area (Å²) in [6.45, 7) is 0.687. The Balaban J connectivity index is 1.78. The SMILES string of the molecule is NS(=O)(=O)c1cnn(CC2Cc3ccccc32)c1. The van der Waals surface area contributed by atoms with Gasteiger partial charge in [-0.15, -0.1) is 0 Å². The summed E-state index contributed by atoms with van der Waals surface area (Å²) in [5.74, 6) is 0.412. The van der Waals surface area contributed by atoms with Gasteiger partial charge >= 0.3 is 0 Å². The van der Waals surface area contributed by atoms with Crippen molar-refractivity contribution in [3.63, 3.8) is 0 Å². The smallest absolute Gasteiger partial charge is 0.241 e. The van der Waals surface area contributed by atoms with Gasteiger partial charge in [0.2, 0.25) is 10.0 Å². The van der Waals surface area contributed by atoms with E-state index < -0.39 is 10.0 Å². The van der Waals surface area contributed by atoms with Crippen LogP contribution >= 0.6 is 0 Å². The van der Waals surface area contributed by atoms with E-state index in [1.165, 1.54) is 23.5 Å². The van der Waals surface area contributed by atoms with Crippen molar-refractivity contribution in [1.82, 2.24) is 9.78 Å². The fourth-order valence-electron chi connectivity index (χ4n) is 2.34. The van der Waals surface area contributed by atoms with E-state index in [0.717, 1.165) is 6.42 Å². The normalized spacial score (nSPS) is 18.2. The minimum Gasteiger partial charge on any atom is -0.271 e. The van der Waals surface area contributed by atoms with Gasteiger partial charge in [-0.25, -0.2) is 13.6 Å². The largest absolute Gasteiger partial charge is 0.271 e. The van der Waals surface area contributed by atoms with Gasteiger partial charge in [0.25, 0.3) is 0 Å². The topological polar surface area (TPSA) is 78.0 Å². The molecule has 1 atom stereocenters. The minimum atomic E-state index is -3.65. The van der Waals surface area contributed by atoms with Crippen LogP contribution in [0.4, 0.5) is 0 Å². The van der Waals surface area contributed by atoms with Crippen molar-refractivity contribution in [2.75, 3.05) is 0 Å². The summed E-state index contributed by atoms with van der Waals surface area (Å²) in [5.41, 5.74) is 2.69. The Morgan fingerprint density at radius 2 is 2.17 bits per heavy atom. The lowest BCUT2D eigenvalue weighted by atomic mass is 9.78. The molecule has 0 fully saturated rings. The predicted molar refractivity (Wildman–Crippen MR) is 66.5 cm³/mol. The predicted octanol–water partition coefficient (Wildman–Crippen LogP) is 0.870. The molecule has 1 aromatic carbocycles. The first kappa shape index (κ1) is 11.4. The average molecular weight is 263 g/mol. The Kier molecular flexibility index (Phi) is 2.49. The van der Waals surface area contributed by atoms with Crippen LogP contribution in [0.3, 0.4) is 0 Å². The standard InChI is InChI=1S/C12H13N3O2S/c13-18(16,17)11-6-14-15(8-11)7-10-5-9-3-1-2-4-12(9)10/h1-4,6,8,10H,5,7H2,(H2,13,16,17). The molecule has 0 saturated heterocycles. The number of hydrogen-bond donors (Lipinski definition) is 1. The lowest BCUT2D eigenvalue weighted by Crippen LogP contribution is -2.22. The number of rotatable bonds is 3. The molecule has 0 spiro atoms. The molecule has 1 heterocycles. The van der Waals surface area contributed by atoms with E-state index in [1.54, 1.807) is 4.68 Å². The Labute approximate surface area is 105 Å². The van der Waals surface area contributed by atoms with E-state index in [2.05, 4.69) is 17.2 Å².